The van der Waals surface area contributed by atoms with Crippen molar-refractivity contribution in [1.82, 2.24) is 19.8 Å². The van der Waals surface area contributed by atoms with Gasteiger partial charge >= 0.3 is 6.01 Å². The van der Waals surface area contributed by atoms with Crippen molar-refractivity contribution in [2.45, 2.75) is 25.8 Å². The van der Waals surface area contributed by atoms with E-state index in [0.717, 1.165) is 59.7 Å². The Kier molecular flexibility index (Phi) is 9.76. The average Bonchev–Trinajstić information content (AvgIpc) is 3.56. The molecule has 4 heterocycles. The second-order valence-electron chi connectivity index (χ2n) is 10.9. The fraction of sp³-hybridized carbons (Fsp3) is 0.469. The average molecular weight is 575 g/mol. The molecule has 0 saturated carbocycles. The van der Waals surface area contributed by atoms with Gasteiger partial charge < -0.3 is 34.2 Å². The highest BCUT2D eigenvalue weighted by molar-refractivity contribution is 5.95. The highest BCUT2D eigenvalue weighted by Crippen LogP contribution is 2.36. The van der Waals surface area contributed by atoms with Crippen LogP contribution in [0.1, 0.15) is 24.1 Å². The molecule has 0 spiro atoms. The van der Waals surface area contributed by atoms with Crippen LogP contribution in [0.15, 0.2) is 49.1 Å². The number of methoxy groups -OCH3 is 2. The lowest BCUT2D eigenvalue weighted by Gasteiger charge is -2.38. The Morgan fingerprint density at radius 2 is 1.76 bits per heavy atom. The fourth-order valence-corrected chi connectivity index (χ4v) is 5.98. The molecule has 0 aliphatic carbocycles. The Morgan fingerprint density at radius 3 is 2.48 bits per heavy atom. The molecule has 224 valence electrons. The zero-order valence-corrected chi connectivity index (χ0v) is 24.8. The van der Waals surface area contributed by atoms with Gasteiger partial charge in [-0.05, 0) is 49.9 Å². The van der Waals surface area contributed by atoms with Gasteiger partial charge in [-0.2, -0.15) is 9.97 Å². The number of benzene rings is 2. The van der Waals surface area contributed by atoms with Gasteiger partial charge in [-0.15, -0.1) is 0 Å². The molecule has 0 unspecified atom stereocenters. The molecule has 10 nitrogen and oxygen atoms in total. The number of hydrogen-bond acceptors (Lipinski definition) is 9. The van der Waals surface area contributed by atoms with Crippen LogP contribution in [0.5, 0.6) is 11.8 Å². The predicted molar refractivity (Wildman–Crippen MR) is 165 cm³/mol. The maximum absolute atomic E-state index is 12.0. The Hall–Kier alpha value is -3.89. The van der Waals surface area contributed by atoms with Crippen molar-refractivity contribution < 1.29 is 19.4 Å². The van der Waals surface area contributed by atoms with Gasteiger partial charge in [-0.25, -0.2) is 0 Å². The minimum absolute atomic E-state index is 0.0362. The number of fused-ring (bicyclic) bond motifs is 2. The molecular weight excluding hydrogens is 532 g/mol. The fourth-order valence-electron chi connectivity index (χ4n) is 5.98. The highest BCUT2D eigenvalue weighted by Gasteiger charge is 2.29. The summed E-state index contributed by atoms with van der Waals surface area (Å²) in [5, 5.41) is 12.4. The number of phenols is 1. The molecule has 1 aromatic heterocycles. The Labute approximate surface area is 248 Å². The van der Waals surface area contributed by atoms with Crippen LogP contribution in [-0.2, 0) is 22.5 Å². The quantitative estimate of drug-likeness (QED) is 0.426. The Bertz CT molecular complexity index is 1380. The zero-order valence-electron chi connectivity index (χ0n) is 24.8. The van der Waals surface area contributed by atoms with E-state index < -0.39 is 0 Å². The van der Waals surface area contributed by atoms with Gasteiger partial charge in [-0.3, -0.25) is 4.79 Å². The van der Waals surface area contributed by atoms with Crippen molar-refractivity contribution in [2.24, 2.45) is 0 Å². The van der Waals surface area contributed by atoms with Crippen LogP contribution in [0, 0.1) is 0 Å². The molecule has 0 radical (unpaired) electrons. The second-order valence-corrected chi connectivity index (χ2v) is 10.9. The maximum Gasteiger partial charge on any atom is 0.318 e. The molecule has 42 heavy (non-hydrogen) atoms. The molecule has 3 aliphatic heterocycles. The van der Waals surface area contributed by atoms with Crippen LogP contribution < -0.4 is 14.5 Å². The minimum atomic E-state index is -0.0362. The number of amides is 1. The van der Waals surface area contributed by atoms with E-state index >= 15 is 0 Å². The number of carbonyl (C=O) groups excluding carboxylic acids is 1. The first kappa shape index (κ1) is 29.6. The number of phenolic OH excluding ortho intramolecular Hbond substituents is 1. The summed E-state index contributed by atoms with van der Waals surface area (Å²) < 4.78 is 10.4. The van der Waals surface area contributed by atoms with Crippen LogP contribution in [0.3, 0.4) is 0 Å². The van der Waals surface area contributed by atoms with Crippen molar-refractivity contribution in [3.63, 3.8) is 0 Å². The molecule has 2 fully saturated rings. The number of carbonyl (C=O) groups is 1. The van der Waals surface area contributed by atoms with Crippen LogP contribution in [0.25, 0.3) is 10.8 Å². The molecule has 0 atom stereocenters. The van der Waals surface area contributed by atoms with E-state index in [4.69, 9.17) is 14.5 Å². The normalized spacial score (nSPS) is 17.0. The topological polar surface area (TPSA) is 94.5 Å². The third-order valence-corrected chi connectivity index (χ3v) is 8.25. The molecule has 1 N–H and O–H groups in total. The molecule has 0 bridgehead atoms. The van der Waals surface area contributed by atoms with Crippen molar-refractivity contribution in [3.05, 3.63) is 60.3 Å². The van der Waals surface area contributed by atoms with Crippen molar-refractivity contribution >= 4 is 28.2 Å². The van der Waals surface area contributed by atoms with Gasteiger partial charge in [0, 0.05) is 69.1 Å². The van der Waals surface area contributed by atoms with Gasteiger partial charge in [0.15, 0.2) is 0 Å². The number of rotatable bonds is 7. The third kappa shape index (κ3) is 6.77. The summed E-state index contributed by atoms with van der Waals surface area (Å²) in [5.41, 5.74) is 3.05. The molecule has 2 saturated heterocycles. The number of aromatic nitrogens is 2. The summed E-state index contributed by atoms with van der Waals surface area (Å²) in [7, 11) is 3.34. The Balaban J connectivity index is 0.000000336. The van der Waals surface area contributed by atoms with E-state index in [9.17, 15) is 9.90 Å². The summed E-state index contributed by atoms with van der Waals surface area (Å²) in [6.45, 7) is 12.2. The van der Waals surface area contributed by atoms with Crippen LogP contribution in [-0.4, -0.2) is 104 Å². The number of hydrogen-bond donors (Lipinski definition) is 1. The van der Waals surface area contributed by atoms with Gasteiger partial charge in [0.25, 0.3) is 0 Å². The summed E-state index contributed by atoms with van der Waals surface area (Å²) in [6, 6.07) is 12.0. The van der Waals surface area contributed by atoms with E-state index in [2.05, 4.69) is 32.3 Å². The van der Waals surface area contributed by atoms with E-state index in [-0.39, 0.29) is 11.7 Å². The van der Waals surface area contributed by atoms with Crippen LogP contribution in [0.2, 0.25) is 0 Å². The molecule has 6 rings (SSSR count). The number of nitrogens with zero attached hydrogens (tertiary/aromatic N) is 6. The lowest BCUT2D eigenvalue weighted by Crippen LogP contribution is -2.49. The summed E-state index contributed by atoms with van der Waals surface area (Å²) in [5.74, 6) is 1.11. The van der Waals surface area contributed by atoms with E-state index in [0.29, 0.717) is 38.7 Å². The first-order valence-corrected chi connectivity index (χ1v) is 14.8. The lowest BCUT2D eigenvalue weighted by molar-refractivity contribution is -0.126. The molecule has 2 aromatic carbocycles. The first-order chi connectivity index (χ1) is 20.5. The standard InChI is InChI=1S/C25H27N5O3.C7H15NO/c1-3-23(32)28-10-12-29(13-11-28)24-20-8-9-30(16-21(20)26-25(27-24)33-2)22-15-18(31)14-17-6-4-5-7-19(17)22;1-9-7-6-8-4-2-3-5-8/h3-7,14-15,31H,1,8-13,16H2,2H3;2-7H2,1H3. The number of aromatic hydroxyl groups is 1. The lowest BCUT2D eigenvalue weighted by atomic mass is 10.0. The number of likely N-dealkylation sites (tertiary alicyclic amines) is 1. The summed E-state index contributed by atoms with van der Waals surface area (Å²) >= 11 is 0. The molecular formula is C32H42N6O4. The number of ether oxygens (including phenoxy) is 2. The predicted octanol–water partition coefficient (Wildman–Crippen LogP) is 3.47. The Morgan fingerprint density at radius 1 is 1.00 bits per heavy atom. The van der Waals surface area contributed by atoms with Gasteiger partial charge in [0.1, 0.15) is 11.6 Å². The molecule has 1 amide bonds. The monoisotopic (exact) mass is 574 g/mol. The highest BCUT2D eigenvalue weighted by atomic mass is 16.5. The van der Waals surface area contributed by atoms with Crippen LogP contribution >= 0.6 is 0 Å². The van der Waals surface area contributed by atoms with Gasteiger partial charge in [0.2, 0.25) is 5.91 Å². The van der Waals surface area contributed by atoms with Crippen molar-refractivity contribution in [2.75, 3.05) is 83.0 Å². The smallest absolute Gasteiger partial charge is 0.318 e. The SMILES string of the molecule is C=CC(=O)N1CCN(c2nc(OC)nc3c2CCN(c2cc(O)cc4ccccc24)C3)CC1.COCCN1CCCC1. The molecule has 3 aliphatic rings. The van der Waals surface area contributed by atoms with Crippen molar-refractivity contribution in [1.29, 1.82) is 0 Å². The number of piperazine rings is 1. The number of anilines is 2. The molecule has 3 aromatic rings. The van der Waals surface area contributed by atoms with Crippen LogP contribution in [0.4, 0.5) is 11.5 Å². The largest absolute Gasteiger partial charge is 0.508 e. The first-order valence-electron chi connectivity index (χ1n) is 14.8. The van der Waals surface area contributed by atoms with Gasteiger partial charge in [0.05, 0.1) is 26.0 Å². The van der Waals surface area contributed by atoms with Crippen molar-refractivity contribution in [3.8, 4) is 11.8 Å². The zero-order chi connectivity index (χ0) is 29.5. The second kappa shape index (κ2) is 13.8. The van der Waals surface area contributed by atoms with E-state index in [1.807, 2.05) is 29.2 Å². The van der Waals surface area contributed by atoms with Gasteiger partial charge in [-0.1, -0.05) is 30.8 Å². The summed E-state index contributed by atoms with van der Waals surface area (Å²) in [4.78, 5) is 30.0. The third-order valence-electron chi connectivity index (χ3n) is 8.25. The minimum Gasteiger partial charge on any atom is -0.508 e. The van der Waals surface area contributed by atoms with E-state index in [1.54, 1.807) is 20.3 Å². The van der Waals surface area contributed by atoms with E-state index in [1.165, 1.54) is 32.0 Å². The maximum atomic E-state index is 12.0. The molecule has 10 heteroatoms. The summed E-state index contributed by atoms with van der Waals surface area (Å²) in [6.07, 6.45) is 4.91.